The van der Waals surface area contributed by atoms with Crippen molar-refractivity contribution in [2.24, 2.45) is 0 Å². The molecule has 44 heavy (non-hydrogen) atoms. The van der Waals surface area contributed by atoms with Crippen LogP contribution < -0.4 is 19.7 Å². The van der Waals surface area contributed by atoms with Gasteiger partial charge in [-0.05, 0) is 44.2 Å². The number of nitrogens with zero attached hydrogens (tertiary/aromatic N) is 5. The lowest BCUT2D eigenvalue weighted by Crippen LogP contribution is -2.24. The minimum absolute atomic E-state index is 0.0638. The van der Waals surface area contributed by atoms with Gasteiger partial charge in [0.15, 0.2) is 6.61 Å². The van der Waals surface area contributed by atoms with Crippen LogP contribution in [0, 0.1) is 6.92 Å². The number of benzene rings is 2. The first-order valence-corrected chi connectivity index (χ1v) is 13.6. The number of rotatable bonds is 8. The number of methoxy groups -OCH3 is 1. The second kappa shape index (κ2) is 13.1. The van der Waals surface area contributed by atoms with E-state index in [-0.39, 0.29) is 36.2 Å². The Morgan fingerprint density at radius 2 is 1.91 bits per heavy atom. The van der Waals surface area contributed by atoms with Gasteiger partial charge in [-0.2, -0.15) is 8.78 Å². The van der Waals surface area contributed by atoms with Gasteiger partial charge in [0.2, 0.25) is 11.8 Å². The molecule has 0 spiro atoms. The molecule has 1 aliphatic heterocycles. The van der Waals surface area contributed by atoms with Gasteiger partial charge in [0.05, 0.1) is 42.5 Å². The number of pyridine rings is 1. The van der Waals surface area contributed by atoms with Crippen molar-refractivity contribution in [2.45, 2.75) is 32.2 Å². The van der Waals surface area contributed by atoms with Gasteiger partial charge in [0.1, 0.15) is 17.4 Å². The zero-order chi connectivity index (χ0) is 32.2. The maximum Gasteiger partial charge on any atom is 0.310 e. The molecule has 0 bridgehead atoms. The van der Waals surface area contributed by atoms with Crippen molar-refractivity contribution in [3.05, 3.63) is 71.2 Å². The molecule has 3 heterocycles. The van der Waals surface area contributed by atoms with E-state index in [0.29, 0.717) is 28.6 Å². The second-order valence-electron chi connectivity index (χ2n) is 10.4. The highest BCUT2D eigenvalue weighted by Crippen LogP contribution is 2.45. The number of carboxylic acid groups (broad SMARTS) is 1. The summed E-state index contributed by atoms with van der Waals surface area (Å²) in [6.45, 7) is 2.77. The van der Waals surface area contributed by atoms with E-state index in [1.54, 1.807) is 39.3 Å². The van der Waals surface area contributed by atoms with Gasteiger partial charge in [-0.25, -0.2) is 15.0 Å². The highest BCUT2D eigenvalue weighted by molar-refractivity contribution is 5.92. The average Bonchev–Trinajstić information content (AvgIpc) is 3.31. The summed E-state index contributed by atoms with van der Waals surface area (Å²) in [7, 11) is 6.84. The molecule has 0 fully saturated rings. The molecule has 232 valence electrons. The standard InChI is InChI=1S/C30H32F2N6O3.CH2O2/c1-17(22-8-7-9-24-27(22)41-16-30(24,31)32)34-28-23-14-20(10-11-25(23)35-18(2)36-28)38(5)21-12-19(13-26(39)37(3)4)29(40-6)33-15-21;2-1-3/h7-12,14-15,17H,13,16H2,1-6H3,(H,34,35,36);1H,(H,2,3). The van der Waals surface area contributed by atoms with Crippen molar-refractivity contribution < 1.29 is 33.0 Å². The van der Waals surface area contributed by atoms with Gasteiger partial charge in [0, 0.05) is 43.3 Å². The third kappa shape index (κ3) is 6.61. The molecule has 13 heteroatoms. The van der Waals surface area contributed by atoms with Crippen molar-refractivity contribution in [1.82, 2.24) is 19.9 Å². The number of nitrogens with one attached hydrogen (secondary N) is 1. The van der Waals surface area contributed by atoms with E-state index in [0.717, 1.165) is 22.3 Å². The third-order valence-corrected chi connectivity index (χ3v) is 7.17. The number of aromatic nitrogens is 3. The minimum Gasteiger partial charge on any atom is -0.486 e. The molecular formula is C31H34F2N6O5. The molecule has 2 aromatic carbocycles. The highest BCUT2D eigenvalue weighted by atomic mass is 19.3. The van der Waals surface area contributed by atoms with Crippen molar-refractivity contribution in [3.8, 4) is 11.6 Å². The van der Waals surface area contributed by atoms with Crippen LogP contribution in [0.4, 0.5) is 26.0 Å². The fourth-order valence-corrected chi connectivity index (χ4v) is 4.87. The number of anilines is 3. The van der Waals surface area contributed by atoms with E-state index >= 15 is 0 Å². The van der Waals surface area contributed by atoms with Crippen LogP contribution in [0.25, 0.3) is 10.9 Å². The number of carbonyl (C=O) groups is 2. The summed E-state index contributed by atoms with van der Waals surface area (Å²) >= 11 is 0. The molecule has 1 aliphatic rings. The van der Waals surface area contributed by atoms with Crippen LogP contribution in [0.3, 0.4) is 0 Å². The van der Waals surface area contributed by atoms with Crippen LogP contribution in [-0.2, 0) is 21.9 Å². The Morgan fingerprint density at radius 3 is 2.59 bits per heavy atom. The lowest BCUT2D eigenvalue weighted by atomic mass is 10.0. The monoisotopic (exact) mass is 608 g/mol. The number of likely N-dealkylation sites (N-methyl/N-ethyl adjacent to an activating group) is 1. The van der Waals surface area contributed by atoms with Crippen LogP contribution in [0.1, 0.15) is 35.5 Å². The van der Waals surface area contributed by atoms with Gasteiger partial charge in [-0.3, -0.25) is 9.59 Å². The summed E-state index contributed by atoms with van der Waals surface area (Å²) in [6.07, 6.45) is 1.84. The number of hydrogen-bond donors (Lipinski definition) is 2. The first kappa shape index (κ1) is 31.9. The third-order valence-electron chi connectivity index (χ3n) is 7.17. The quantitative estimate of drug-likeness (QED) is 0.261. The molecular weight excluding hydrogens is 574 g/mol. The van der Waals surface area contributed by atoms with Crippen molar-refractivity contribution in [2.75, 3.05) is 45.1 Å². The SMILES string of the molecule is COc1ncc(N(C)c2ccc3nc(C)nc(NC(C)c4cccc5c4OCC5(F)F)c3c2)cc1CC(=O)N(C)C.O=CO. The Morgan fingerprint density at radius 1 is 1.18 bits per heavy atom. The Hall–Kier alpha value is -5.07. The number of aryl methyl sites for hydroxylation is 1. The Kier molecular flexibility index (Phi) is 9.46. The fraction of sp³-hybridized carbons (Fsp3) is 0.323. The number of halogens is 2. The van der Waals surface area contributed by atoms with E-state index in [2.05, 4.69) is 20.3 Å². The number of fused-ring (bicyclic) bond motifs is 2. The smallest absolute Gasteiger partial charge is 0.310 e. The Balaban J connectivity index is 0.00000141. The normalized spacial score (nSPS) is 13.5. The maximum absolute atomic E-state index is 14.3. The van der Waals surface area contributed by atoms with Gasteiger partial charge in [0.25, 0.3) is 6.47 Å². The lowest BCUT2D eigenvalue weighted by Gasteiger charge is -2.22. The van der Waals surface area contributed by atoms with E-state index in [1.807, 2.05) is 43.1 Å². The summed E-state index contributed by atoms with van der Waals surface area (Å²) in [4.78, 5) is 37.9. The fourth-order valence-electron chi connectivity index (χ4n) is 4.87. The topological polar surface area (TPSA) is 130 Å². The number of alkyl halides is 2. The zero-order valence-corrected chi connectivity index (χ0v) is 25.3. The minimum atomic E-state index is -3.02. The molecule has 0 aliphatic carbocycles. The lowest BCUT2D eigenvalue weighted by molar-refractivity contribution is -0.128. The molecule has 5 rings (SSSR count). The van der Waals surface area contributed by atoms with Gasteiger partial charge in [-0.15, -0.1) is 0 Å². The largest absolute Gasteiger partial charge is 0.486 e. The number of hydrogen-bond acceptors (Lipinski definition) is 9. The first-order chi connectivity index (χ1) is 20.9. The summed E-state index contributed by atoms with van der Waals surface area (Å²) in [5, 5.41) is 11.0. The molecule has 1 atom stereocenters. The van der Waals surface area contributed by atoms with E-state index in [1.165, 1.54) is 18.1 Å². The van der Waals surface area contributed by atoms with E-state index in [4.69, 9.17) is 19.4 Å². The molecule has 4 aromatic rings. The number of amides is 1. The Labute approximate surface area is 253 Å². The van der Waals surface area contributed by atoms with Crippen molar-refractivity contribution >= 4 is 40.5 Å². The van der Waals surface area contributed by atoms with Crippen molar-refractivity contribution in [1.29, 1.82) is 0 Å². The number of ether oxygens (including phenoxy) is 2. The van der Waals surface area contributed by atoms with E-state index in [9.17, 15) is 13.6 Å². The predicted octanol–water partition coefficient (Wildman–Crippen LogP) is 5.10. The Bertz CT molecular complexity index is 1680. The van der Waals surface area contributed by atoms with Crippen LogP contribution in [0.15, 0.2) is 48.7 Å². The highest BCUT2D eigenvalue weighted by Gasteiger charge is 2.42. The van der Waals surface area contributed by atoms with Crippen molar-refractivity contribution in [3.63, 3.8) is 0 Å². The first-order valence-electron chi connectivity index (χ1n) is 13.6. The number of para-hydroxylation sites is 1. The molecule has 0 radical (unpaired) electrons. The second-order valence-corrected chi connectivity index (χ2v) is 10.4. The summed E-state index contributed by atoms with van der Waals surface area (Å²) in [5.74, 6) is -1.32. The molecule has 2 N–H and O–H groups in total. The van der Waals surface area contributed by atoms with Gasteiger partial charge < -0.3 is 29.7 Å². The molecule has 0 saturated heterocycles. The van der Waals surface area contributed by atoms with Crippen LogP contribution in [0.5, 0.6) is 11.6 Å². The average molecular weight is 609 g/mol. The summed E-state index contributed by atoms with van der Waals surface area (Å²) in [5.41, 5.74) is 3.53. The molecule has 1 unspecified atom stereocenters. The summed E-state index contributed by atoms with van der Waals surface area (Å²) in [6, 6.07) is 12.1. The zero-order valence-electron chi connectivity index (χ0n) is 25.3. The number of carbonyl (C=O) groups excluding carboxylic acids is 1. The molecule has 0 saturated carbocycles. The van der Waals surface area contributed by atoms with Gasteiger partial charge >= 0.3 is 5.92 Å². The van der Waals surface area contributed by atoms with Crippen LogP contribution in [0.2, 0.25) is 0 Å². The van der Waals surface area contributed by atoms with Gasteiger partial charge in [-0.1, -0.05) is 12.1 Å². The maximum atomic E-state index is 14.3. The molecule has 1 amide bonds. The van der Waals surface area contributed by atoms with Crippen LogP contribution in [-0.4, -0.2) is 72.2 Å². The molecule has 11 nitrogen and oxygen atoms in total. The van der Waals surface area contributed by atoms with E-state index < -0.39 is 12.5 Å². The predicted molar refractivity (Wildman–Crippen MR) is 162 cm³/mol. The summed E-state index contributed by atoms with van der Waals surface area (Å²) < 4.78 is 39.4. The van der Waals surface area contributed by atoms with Crippen LogP contribution >= 0.6 is 0 Å². The molecule has 2 aromatic heterocycles.